The van der Waals surface area contributed by atoms with Gasteiger partial charge in [0.05, 0.1) is 0 Å². The molecular weight excluding hydrogens is 263 g/mol. The van der Waals surface area contributed by atoms with E-state index in [1.165, 1.54) is 44.9 Å². The van der Waals surface area contributed by atoms with Crippen LogP contribution in [0.5, 0.6) is 0 Å². The fourth-order valence-electron chi connectivity index (χ4n) is 2.46. The molecule has 0 amide bonds. The molecule has 1 N–H and O–H groups in total. The summed E-state index contributed by atoms with van der Waals surface area (Å²) in [5.74, 6) is 0. The quantitative estimate of drug-likeness (QED) is 0.421. The molecule has 0 aliphatic carbocycles. The number of hydrogen-bond donors (Lipinski definition) is 1. The van der Waals surface area contributed by atoms with Gasteiger partial charge < -0.3 is 5.32 Å². The maximum Gasteiger partial charge on any atom is 0.403 e. The molecular formula is C16H32F3N. The van der Waals surface area contributed by atoms with Gasteiger partial charge in [-0.3, -0.25) is 0 Å². The molecule has 0 aromatic rings. The fraction of sp³-hybridized carbons (Fsp3) is 1.00. The van der Waals surface area contributed by atoms with Crippen LogP contribution in [-0.2, 0) is 0 Å². The van der Waals surface area contributed by atoms with Crippen LogP contribution in [0.15, 0.2) is 0 Å². The third-order valence-corrected chi connectivity index (χ3v) is 3.69. The molecule has 0 aliphatic rings. The van der Waals surface area contributed by atoms with Crippen LogP contribution in [0.2, 0.25) is 0 Å². The van der Waals surface area contributed by atoms with E-state index in [4.69, 9.17) is 0 Å². The molecule has 0 spiro atoms. The Hall–Kier alpha value is -0.250. The summed E-state index contributed by atoms with van der Waals surface area (Å²) in [6.45, 7) is 4.31. The minimum atomic E-state index is -4.10. The minimum absolute atomic E-state index is 0.216. The number of unbranched alkanes of at least 4 members (excludes halogenated alkanes) is 9. The van der Waals surface area contributed by atoms with Crippen LogP contribution in [0.25, 0.3) is 0 Å². The average molecular weight is 295 g/mol. The largest absolute Gasteiger partial charge is 0.403 e. The Morgan fingerprint density at radius 3 is 1.60 bits per heavy atom. The zero-order chi connectivity index (χ0) is 15.3. The summed E-state index contributed by atoms with van der Waals surface area (Å²) in [5, 5.41) is 2.53. The first-order valence-electron chi connectivity index (χ1n) is 8.32. The summed E-state index contributed by atoms with van der Waals surface area (Å²) in [6, 6.07) is -1.32. The molecule has 0 heterocycles. The van der Waals surface area contributed by atoms with Crippen molar-refractivity contribution in [3.8, 4) is 0 Å². The first-order valence-corrected chi connectivity index (χ1v) is 8.32. The Morgan fingerprint density at radius 2 is 1.20 bits per heavy atom. The van der Waals surface area contributed by atoms with Crippen LogP contribution in [0, 0.1) is 0 Å². The summed E-state index contributed by atoms with van der Waals surface area (Å²) in [4.78, 5) is 0. The Balaban J connectivity index is 3.41. The van der Waals surface area contributed by atoms with Gasteiger partial charge in [0.25, 0.3) is 0 Å². The first kappa shape index (κ1) is 19.8. The molecule has 0 saturated carbocycles. The number of alkyl halides is 3. The lowest BCUT2D eigenvalue weighted by Gasteiger charge is -2.20. The Bertz CT molecular complexity index is 204. The zero-order valence-electron chi connectivity index (χ0n) is 13.2. The molecule has 20 heavy (non-hydrogen) atoms. The van der Waals surface area contributed by atoms with E-state index in [0.717, 1.165) is 12.8 Å². The molecule has 0 radical (unpaired) electrons. The molecule has 0 aliphatic heterocycles. The highest BCUT2D eigenvalue weighted by Gasteiger charge is 2.38. The van der Waals surface area contributed by atoms with Crippen LogP contribution in [-0.4, -0.2) is 18.8 Å². The maximum absolute atomic E-state index is 12.6. The second-order valence-electron chi connectivity index (χ2n) is 5.62. The van der Waals surface area contributed by atoms with Crippen molar-refractivity contribution in [2.45, 2.75) is 96.7 Å². The first-order chi connectivity index (χ1) is 9.52. The highest BCUT2D eigenvalue weighted by molar-refractivity contribution is 4.74. The van der Waals surface area contributed by atoms with Crippen LogP contribution in [0.1, 0.15) is 84.5 Å². The van der Waals surface area contributed by atoms with Crippen LogP contribution < -0.4 is 5.32 Å². The minimum Gasteiger partial charge on any atom is -0.306 e. The monoisotopic (exact) mass is 295 g/mol. The summed E-state index contributed by atoms with van der Waals surface area (Å²) in [7, 11) is 0. The van der Waals surface area contributed by atoms with Crippen molar-refractivity contribution in [2.24, 2.45) is 0 Å². The van der Waals surface area contributed by atoms with Crippen molar-refractivity contribution in [1.29, 1.82) is 0 Å². The van der Waals surface area contributed by atoms with Crippen molar-refractivity contribution >= 4 is 0 Å². The van der Waals surface area contributed by atoms with Gasteiger partial charge in [0.1, 0.15) is 6.04 Å². The van der Waals surface area contributed by atoms with Crippen molar-refractivity contribution in [3.05, 3.63) is 0 Å². The van der Waals surface area contributed by atoms with Gasteiger partial charge in [0, 0.05) is 0 Å². The standard InChI is InChI=1S/C16H32F3N/c1-3-5-6-7-8-9-10-11-12-13-14-15(20-4-2)16(17,18)19/h15,20H,3-14H2,1-2H3. The molecule has 0 aromatic carbocycles. The predicted molar refractivity (Wildman–Crippen MR) is 80.0 cm³/mol. The highest BCUT2D eigenvalue weighted by atomic mass is 19.4. The number of nitrogens with one attached hydrogen (secondary N) is 1. The van der Waals surface area contributed by atoms with Crippen LogP contribution >= 0.6 is 0 Å². The highest BCUT2D eigenvalue weighted by Crippen LogP contribution is 2.24. The summed E-state index contributed by atoms with van der Waals surface area (Å²) < 4.78 is 37.9. The molecule has 0 aromatic heterocycles. The average Bonchev–Trinajstić information content (AvgIpc) is 2.38. The number of hydrogen-bond acceptors (Lipinski definition) is 1. The van der Waals surface area contributed by atoms with Crippen molar-refractivity contribution in [3.63, 3.8) is 0 Å². The molecule has 0 bridgehead atoms. The molecule has 0 rings (SSSR count). The second-order valence-corrected chi connectivity index (χ2v) is 5.62. The number of halogens is 3. The third-order valence-electron chi connectivity index (χ3n) is 3.69. The van der Waals surface area contributed by atoms with Crippen LogP contribution in [0.3, 0.4) is 0 Å². The van der Waals surface area contributed by atoms with Gasteiger partial charge in [-0.25, -0.2) is 0 Å². The Morgan fingerprint density at radius 1 is 0.750 bits per heavy atom. The lowest BCUT2D eigenvalue weighted by molar-refractivity contribution is -0.157. The fourth-order valence-corrected chi connectivity index (χ4v) is 2.46. The van der Waals surface area contributed by atoms with E-state index in [1.807, 2.05) is 0 Å². The van der Waals surface area contributed by atoms with Crippen LogP contribution in [0.4, 0.5) is 13.2 Å². The second kappa shape index (κ2) is 12.5. The van der Waals surface area contributed by atoms with Gasteiger partial charge in [0.15, 0.2) is 0 Å². The molecule has 0 saturated heterocycles. The summed E-state index contributed by atoms with van der Waals surface area (Å²) >= 11 is 0. The SMILES string of the molecule is CCCCCCCCCCCCC(NCC)C(F)(F)F. The molecule has 4 heteroatoms. The van der Waals surface area contributed by atoms with E-state index >= 15 is 0 Å². The normalized spacial score (nSPS) is 13.7. The molecule has 1 nitrogen and oxygen atoms in total. The maximum atomic E-state index is 12.6. The topological polar surface area (TPSA) is 12.0 Å². The Labute approximate surface area is 122 Å². The van der Waals surface area contributed by atoms with E-state index in [9.17, 15) is 13.2 Å². The van der Waals surface area contributed by atoms with E-state index in [2.05, 4.69) is 12.2 Å². The van der Waals surface area contributed by atoms with Gasteiger partial charge in [-0.15, -0.1) is 0 Å². The van der Waals surface area contributed by atoms with E-state index in [0.29, 0.717) is 13.0 Å². The zero-order valence-corrected chi connectivity index (χ0v) is 13.2. The van der Waals surface area contributed by atoms with Crippen molar-refractivity contribution < 1.29 is 13.2 Å². The van der Waals surface area contributed by atoms with Gasteiger partial charge in [0.2, 0.25) is 0 Å². The lowest BCUT2D eigenvalue weighted by atomic mass is 10.0. The molecule has 1 atom stereocenters. The van der Waals surface area contributed by atoms with Gasteiger partial charge >= 0.3 is 6.18 Å². The third kappa shape index (κ3) is 11.6. The Kier molecular flexibility index (Phi) is 12.3. The van der Waals surface area contributed by atoms with E-state index in [1.54, 1.807) is 6.92 Å². The smallest absolute Gasteiger partial charge is 0.306 e. The van der Waals surface area contributed by atoms with Crippen molar-refractivity contribution in [1.82, 2.24) is 5.32 Å². The predicted octanol–water partition coefficient (Wildman–Crippen LogP) is 5.84. The van der Waals surface area contributed by atoms with Gasteiger partial charge in [-0.2, -0.15) is 13.2 Å². The van der Waals surface area contributed by atoms with E-state index in [-0.39, 0.29) is 6.42 Å². The van der Waals surface area contributed by atoms with Gasteiger partial charge in [-0.05, 0) is 13.0 Å². The summed E-state index contributed by atoms with van der Waals surface area (Å²) in [6.07, 6.45) is 7.70. The van der Waals surface area contributed by atoms with Gasteiger partial charge in [-0.1, -0.05) is 78.1 Å². The molecule has 0 fully saturated rings. The molecule has 122 valence electrons. The lowest BCUT2D eigenvalue weighted by Crippen LogP contribution is -2.42. The number of rotatable bonds is 13. The van der Waals surface area contributed by atoms with Crippen molar-refractivity contribution in [2.75, 3.05) is 6.54 Å². The summed E-state index contributed by atoms with van der Waals surface area (Å²) in [5.41, 5.74) is 0. The van der Waals surface area contributed by atoms with E-state index < -0.39 is 12.2 Å². The molecule has 1 unspecified atom stereocenters.